The molecule has 4 aliphatic rings. The summed E-state index contributed by atoms with van der Waals surface area (Å²) >= 11 is 0. The molecular weight excluding hydrogens is 366 g/mol. The van der Waals surface area contributed by atoms with Crippen LogP contribution < -0.4 is 5.73 Å². The van der Waals surface area contributed by atoms with Crippen LogP contribution in [0.4, 0.5) is 0 Å². The van der Waals surface area contributed by atoms with Crippen LogP contribution in [0.25, 0.3) is 0 Å². The Hall–Kier alpha value is -2.45. The third-order valence-electron chi connectivity index (χ3n) is 4.14. The van der Waals surface area contributed by atoms with Crippen molar-refractivity contribution in [1.29, 1.82) is 0 Å². The van der Waals surface area contributed by atoms with Gasteiger partial charge in [0, 0.05) is 39.3 Å². The van der Waals surface area contributed by atoms with Gasteiger partial charge in [0.1, 0.15) is 6.34 Å². The van der Waals surface area contributed by atoms with E-state index in [9.17, 15) is 0 Å². The predicted molar refractivity (Wildman–Crippen MR) is 95.5 cm³/mol. The van der Waals surface area contributed by atoms with Crippen molar-refractivity contribution in [3.63, 3.8) is 0 Å². The quantitative estimate of drug-likeness (QED) is 0.202. The highest BCUT2D eigenvalue weighted by Gasteiger charge is 2.31. The Kier molecular flexibility index (Phi) is 5.24. The van der Waals surface area contributed by atoms with Gasteiger partial charge in [0.2, 0.25) is 17.9 Å². The fraction of sp³-hybridized carbons (Fsp3) is 0.667. The SMILES string of the molecule is NC(=N/N=C\N1CCN2CCN=C12)N1CCN2CCN=C21.O=S(=O)(O)O. The minimum atomic E-state index is -4.67. The lowest BCUT2D eigenvalue weighted by atomic mass is 10.5. The van der Waals surface area contributed by atoms with Crippen molar-refractivity contribution in [3.8, 4) is 0 Å². The summed E-state index contributed by atoms with van der Waals surface area (Å²) < 4.78 is 31.6. The van der Waals surface area contributed by atoms with Gasteiger partial charge in [-0.15, -0.1) is 10.2 Å². The van der Waals surface area contributed by atoms with Crippen molar-refractivity contribution >= 4 is 34.6 Å². The van der Waals surface area contributed by atoms with E-state index < -0.39 is 10.4 Å². The standard InChI is InChI=1S/C12H19N9.H2O4S/c13-10(21-8-7-19-4-2-15-12(19)21)17-16-9-20-6-5-18-3-1-14-11(18)20;1-5(2,3)4/h9H,1-8H2,(H2,13,17);(H2,1,2,3,4)/b16-9-;. The van der Waals surface area contributed by atoms with E-state index in [-0.39, 0.29) is 0 Å². The van der Waals surface area contributed by atoms with Crippen LogP contribution in [-0.2, 0) is 10.4 Å². The van der Waals surface area contributed by atoms with Crippen LogP contribution >= 0.6 is 0 Å². The lowest BCUT2D eigenvalue weighted by Crippen LogP contribution is -2.40. The molecule has 0 atom stereocenters. The summed E-state index contributed by atoms with van der Waals surface area (Å²) in [5.74, 6) is 2.33. The van der Waals surface area contributed by atoms with Crippen LogP contribution in [0.2, 0.25) is 0 Å². The van der Waals surface area contributed by atoms with Crippen LogP contribution in [0.1, 0.15) is 0 Å². The maximum atomic E-state index is 8.74. The average molecular weight is 387 g/mol. The van der Waals surface area contributed by atoms with E-state index in [1.54, 1.807) is 6.34 Å². The van der Waals surface area contributed by atoms with Crippen molar-refractivity contribution < 1.29 is 17.5 Å². The van der Waals surface area contributed by atoms with Gasteiger partial charge in [-0.1, -0.05) is 0 Å². The van der Waals surface area contributed by atoms with Crippen LogP contribution in [0.5, 0.6) is 0 Å². The molecule has 0 saturated carbocycles. The molecular formula is C12H21N9O4S. The summed E-state index contributed by atoms with van der Waals surface area (Å²) in [6, 6.07) is 0. The summed E-state index contributed by atoms with van der Waals surface area (Å²) in [4.78, 5) is 17.3. The number of rotatable bonds is 2. The van der Waals surface area contributed by atoms with Gasteiger partial charge in [0.05, 0.1) is 13.1 Å². The molecule has 4 heterocycles. The first-order valence-electron chi connectivity index (χ1n) is 8.02. The fourth-order valence-electron chi connectivity index (χ4n) is 3.07. The molecule has 0 aromatic heterocycles. The smallest absolute Gasteiger partial charge is 0.368 e. The molecule has 0 aromatic rings. The zero-order chi connectivity index (χ0) is 18.7. The molecule has 2 fully saturated rings. The van der Waals surface area contributed by atoms with Crippen LogP contribution in [0.15, 0.2) is 20.2 Å². The van der Waals surface area contributed by atoms with E-state index in [2.05, 4.69) is 30.0 Å². The maximum absolute atomic E-state index is 8.74. The van der Waals surface area contributed by atoms with Gasteiger partial charge in [-0.05, 0) is 0 Å². The first kappa shape index (κ1) is 18.3. The first-order valence-corrected chi connectivity index (χ1v) is 9.42. The maximum Gasteiger partial charge on any atom is 0.394 e. The number of fused-ring (bicyclic) bond motifs is 2. The molecule has 0 aromatic carbocycles. The Balaban J connectivity index is 0.000000349. The van der Waals surface area contributed by atoms with Crippen molar-refractivity contribution in [2.75, 3.05) is 52.4 Å². The average Bonchev–Trinajstić information content (AvgIpc) is 3.27. The van der Waals surface area contributed by atoms with Crippen molar-refractivity contribution in [3.05, 3.63) is 0 Å². The molecule has 144 valence electrons. The number of hydrogen-bond acceptors (Lipinski definition) is 8. The second kappa shape index (κ2) is 7.43. The zero-order valence-electron chi connectivity index (χ0n) is 14.0. The van der Waals surface area contributed by atoms with Gasteiger partial charge in [-0.2, -0.15) is 8.42 Å². The molecule has 2 saturated heterocycles. The van der Waals surface area contributed by atoms with E-state index in [4.69, 9.17) is 23.3 Å². The molecule has 0 amide bonds. The van der Waals surface area contributed by atoms with E-state index >= 15 is 0 Å². The molecule has 0 aliphatic carbocycles. The molecule has 0 bridgehead atoms. The third kappa shape index (κ3) is 4.39. The Morgan fingerprint density at radius 2 is 1.58 bits per heavy atom. The normalized spacial score (nSPS) is 22.5. The first-order chi connectivity index (χ1) is 12.3. The molecule has 0 unspecified atom stereocenters. The van der Waals surface area contributed by atoms with Crippen LogP contribution in [0.3, 0.4) is 0 Å². The van der Waals surface area contributed by atoms with Crippen molar-refractivity contribution in [2.24, 2.45) is 25.9 Å². The van der Waals surface area contributed by atoms with E-state index in [0.29, 0.717) is 5.96 Å². The highest BCUT2D eigenvalue weighted by atomic mass is 32.3. The Morgan fingerprint density at radius 3 is 2.27 bits per heavy atom. The molecule has 4 rings (SSSR count). The van der Waals surface area contributed by atoms with E-state index in [1.165, 1.54) is 0 Å². The van der Waals surface area contributed by atoms with Gasteiger partial charge in [0.15, 0.2) is 0 Å². The number of nitrogens with two attached hydrogens (primary N) is 1. The monoisotopic (exact) mass is 387 g/mol. The van der Waals surface area contributed by atoms with Crippen LogP contribution in [-0.4, -0.2) is 114 Å². The lowest BCUT2D eigenvalue weighted by molar-refractivity contribution is 0.381. The molecule has 14 heteroatoms. The minimum absolute atomic E-state index is 0.402. The molecule has 4 aliphatic heterocycles. The molecule has 26 heavy (non-hydrogen) atoms. The highest BCUT2D eigenvalue weighted by Crippen LogP contribution is 2.13. The van der Waals surface area contributed by atoms with Gasteiger partial charge >= 0.3 is 10.4 Å². The van der Waals surface area contributed by atoms with Crippen molar-refractivity contribution in [1.82, 2.24) is 19.6 Å². The predicted octanol–water partition coefficient (Wildman–Crippen LogP) is -2.43. The number of hydrogen-bond donors (Lipinski definition) is 3. The molecule has 0 radical (unpaired) electrons. The van der Waals surface area contributed by atoms with Crippen LogP contribution in [0, 0.1) is 0 Å². The second-order valence-electron chi connectivity index (χ2n) is 5.82. The van der Waals surface area contributed by atoms with Gasteiger partial charge in [0.25, 0.3) is 0 Å². The highest BCUT2D eigenvalue weighted by molar-refractivity contribution is 7.79. The Bertz CT molecular complexity index is 755. The number of nitrogens with zero attached hydrogens (tertiary/aromatic N) is 8. The minimum Gasteiger partial charge on any atom is -0.368 e. The summed E-state index contributed by atoms with van der Waals surface area (Å²) in [7, 11) is -4.67. The van der Waals surface area contributed by atoms with Gasteiger partial charge in [-0.25, -0.2) is 0 Å². The van der Waals surface area contributed by atoms with E-state index in [1.807, 2.05) is 9.80 Å². The summed E-state index contributed by atoms with van der Waals surface area (Å²) in [5.41, 5.74) is 6.02. The van der Waals surface area contributed by atoms with Crippen molar-refractivity contribution in [2.45, 2.75) is 0 Å². The number of aliphatic imine (C=N–C) groups is 2. The molecule has 0 spiro atoms. The number of guanidine groups is 3. The second-order valence-corrected chi connectivity index (χ2v) is 6.72. The summed E-state index contributed by atoms with van der Waals surface area (Å²) in [6.07, 6.45) is 1.71. The fourth-order valence-corrected chi connectivity index (χ4v) is 3.07. The zero-order valence-corrected chi connectivity index (χ0v) is 14.8. The Morgan fingerprint density at radius 1 is 1.00 bits per heavy atom. The van der Waals surface area contributed by atoms with Gasteiger partial charge in [-0.3, -0.25) is 28.9 Å². The summed E-state index contributed by atoms with van der Waals surface area (Å²) in [5, 5.41) is 8.23. The molecule has 4 N–H and O–H groups in total. The van der Waals surface area contributed by atoms with Gasteiger partial charge < -0.3 is 15.5 Å². The Labute approximate surface area is 150 Å². The largest absolute Gasteiger partial charge is 0.394 e. The van der Waals surface area contributed by atoms with E-state index in [0.717, 1.165) is 64.3 Å². The summed E-state index contributed by atoms with van der Waals surface area (Å²) in [6.45, 7) is 7.38. The third-order valence-corrected chi connectivity index (χ3v) is 4.14. The topological polar surface area (TPSA) is 163 Å². The lowest BCUT2D eigenvalue weighted by Gasteiger charge is -2.16. The molecule has 13 nitrogen and oxygen atoms in total.